The molecule has 15 heavy (non-hydrogen) atoms. The van der Waals surface area contributed by atoms with Gasteiger partial charge in [0.15, 0.2) is 0 Å². The molecule has 1 aromatic heterocycles. The Morgan fingerprint density at radius 2 is 2.20 bits per heavy atom. The van der Waals surface area contributed by atoms with E-state index < -0.39 is 0 Å². The lowest BCUT2D eigenvalue weighted by Crippen LogP contribution is -2.08. The molecule has 84 valence electrons. The summed E-state index contributed by atoms with van der Waals surface area (Å²) in [5, 5.41) is 9.91. The van der Waals surface area contributed by atoms with Crippen LogP contribution >= 0.6 is 11.5 Å². The normalized spacial score (nSPS) is 20.3. The fourth-order valence-corrected chi connectivity index (χ4v) is 3.01. The summed E-state index contributed by atoms with van der Waals surface area (Å²) in [6.45, 7) is 0. The Morgan fingerprint density at radius 3 is 2.87 bits per heavy atom. The number of aromatic nitrogens is 1. The van der Waals surface area contributed by atoms with Crippen LogP contribution in [0.2, 0.25) is 0 Å². The van der Waals surface area contributed by atoms with Crippen molar-refractivity contribution in [2.45, 2.75) is 51.0 Å². The van der Waals surface area contributed by atoms with Gasteiger partial charge < -0.3 is 5.11 Å². The first-order chi connectivity index (χ1) is 7.36. The molecule has 1 aliphatic carbocycles. The predicted molar refractivity (Wildman–Crippen MR) is 62.9 cm³/mol. The molecule has 3 heteroatoms. The van der Waals surface area contributed by atoms with Gasteiger partial charge in [0, 0.05) is 6.20 Å². The van der Waals surface area contributed by atoms with Crippen LogP contribution in [0.4, 0.5) is 0 Å². The summed E-state index contributed by atoms with van der Waals surface area (Å²) < 4.78 is 4.02. The van der Waals surface area contributed by atoms with Crippen LogP contribution in [0.5, 0.6) is 0 Å². The van der Waals surface area contributed by atoms with Crippen molar-refractivity contribution < 1.29 is 5.11 Å². The Bertz CT molecular complexity index is 267. The molecular weight excluding hydrogens is 206 g/mol. The Hall–Kier alpha value is -0.410. The van der Waals surface area contributed by atoms with Crippen molar-refractivity contribution in [1.29, 1.82) is 0 Å². The number of rotatable bonds is 4. The quantitative estimate of drug-likeness (QED) is 0.850. The highest BCUT2D eigenvalue weighted by atomic mass is 32.1. The third kappa shape index (κ3) is 3.28. The monoisotopic (exact) mass is 225 g/mol. The summed E-state index contributed by atoms with van der Waals surface area (Å²) in [6, 6.07) is 1.93. The van der Waals surface area contributed by atoms with E-state index in [2.05, 4.69) is 4.37 Å². The lowest BCUT2D eigenvalue weighted by atomic mass is 9.85. The summed E-state index contributed by atoms with van der Waals surface area (Å²) in [5.41, 5.74) is 0. The fourth-order valence-electron chi connectivity index (χ4n) is 2.41. The highest BCUT2D eigenvalue weighted by Gasteiger charge is 2.16. The van der Waals surface area contributed by atoms with E-state index in [4.69, 9.17) is 0 Å². The molecule has 2 nitrogen and oxygen atoms in total. The van der Waals surface area contributed by atoms with Crippen molar-refractivity contribution in [2.24, 2.45) is 5.92 Å². The van der Waals surface area contributed by atoms with Crippen LogP contribution in [0.25, 0.3) is 0 Å². The molecule has 1 unspecified atom stereocenters. The van der Waals surface area contributed by atoms with E-state index >= 15 is 0 Å². The summed E-state index contributed by atoms with van der Waals surface area (Å²) in [5.74, 6) is 0.862. The molecule has 0 aliphatic heterocycles. The molecule has 1 aliphatic rings. The van der Waals surface area contributed by atoms with Gasteiger partial charge in [-0.1, -0.05) is 32.1 Å². The van der Waals surface area contributed by atoms with Gasteiger partial charge in [-0.05, 0) is 36.4 Å². The maximum Gasteiger partial charge on any atom is 0.0898 e. The molecule has 1 aromatic rings. The molecule has 1 N–H and O–H groups in total. The van der Waals surface area contributed by atoms with Crippen LogP contribution in [0.3, 0.4) is 0 Å². The Balaban J connectivity index is 1.73. The standard InChI is InChI=1S/C12H19NOS/c14-11(12-8-9-13-15-12)7-6-10-4-2-1-3-5-10/h8-11,14H,1-7H2. The third-order valence-electron chi connectivity index (χ3n) is 3.36. The van der Waals surface area contributed by atoms with Gasteiger partial charge in [0.25, 0.3) is 0 Å². The number of nitrogens with zero attached hydrogens (tertiary/aromatic N) is 1. The van der Waals surface area contributed by atoms with Gasteiger partial charge in [-0.2, -0.15) is 0 Å². The summed E-state index contributed by atoms with van der Waals surface area (Å²) >= 11 is 1.42. The number of aliphatic hydroxyl groups excluding tert-OH is 1. The van der Waals surface area contributed by atoms with E-state index in [1.165, 1.54) is 50.1 Å². The second-order valence-corrected chi connectivity index (χ2v) is 5.38. The average molecular weight is 225 g/mol. The van der Waals surface area contributed by atoms with Crippen LogP contribution < -0.4 is 0 Å². The van der Waals surface area contributed by atoms with Crippen LogP contribution in [-0.2, 0) is 0 Å². The summed E-state index contributed by atoms with van der Waals surface area (Å²) in [4.78, 5) is 1.02. The van der Waals surface area contributed by atoms with Gasteiger partial charge in [0.1, 0.15) is 0 Å². The van der Waals surface area contributed by atoms with Gasteiger partial charge >= 0.3 is 0 Å². The first kappa shape index (κ1) is 11.1. The van der Waals surface area contributed by atoms with E-state index in [0.29, 0.717) is 0 Å². The van der Waals surface area contributed by atoms with Gasteiger partial charge in [-0.3, -0.25) is 0 Å². The van der Waals surface area contributed by atoms with Crippen molar-refractivity contribution in [1.82, 2.24) is 4.37 Å². The molecular formula is C12H19NOS. The lowest BCUT2D eigenvalue weighted by Gasteiger charge is -2.22. The molecule has 1 fully saturated rings. The zero-order chi connectivity index (χ0) is 10.5. The second kappa shape index (κ2) is 5.61. The van der Waals surface area contributed by atoms with Gasteiger partial charge in [0.05, 0.1) is 11.0 Å². The summed E-state index contributed by atoms with van der Waals surface area (Å²) in [6.07, 6.45) is 10.5. The molecule has 0 saturated heterocycles. The minimum atomic E-state index is -0.278. The van der Waals surface area contributed by atoms with Gasteiger partial charge in [-0.15, -0.1) is 0 Å². The van der Waals surface area contributed by atoms with Crippen molar-refractivity contribution in [3.63, 3.8) is 0 Å². The minimum Gasteiger partial charge on any atom is -0.388 e. The Labute approximate surface area is 95.5 Å². The molecule has 2 rings (SSSR count). The first-order valence-electron chi connectivity index (χ1n) is 5.95. The number of aliphatic hydroxyl groups is 1. The first-order valence-corrected chi connectivity index (χ1v) is 6.72. The highest BCUT2D eigenvalue weighted by molar-refractivity contribution is 7.05. The van der Waals surface area contributed by atoms with Crippen molar-refractivity contribution >= 4 is 11.5 Å². The van der Waals surface area contributed by atoms with Crippen LogP contribution in [0.15, 0.2) is 12.3 Å². The molecule has 1 saturated carbocycles. The van der Waals surface area contributed by atoms with Crippen LogP contribution in [-0.4, -0.2) is 9.48 Å². The molecule has 1 atom stereocenters. The van der Waals surface area contributed by atoms with Crippen molar-refractivity contribution in [3.05, 3.63) is 17.1 Å². The topological polar surface area (TPSA) is 33.1 Å². The van der Waals surface area contributed by atoms with E-state index in [-0.39, 0.29) is 6.10 Å². The number of hydrogen-bond acceptors (Lipinski definition) is 3. The highest BCUT2D eigenvalue weighted by Crippen LogP contribution is 2.30. The largest absolute Gasteiger partial charge is 0.388 e. The van der Waals surface area contributed by atoms with E-state index in [0.717, 1.165) is 17.2 Å². The number of hydrogen-bond donors (Lipinski definition) is 1. The maximum absolute atomic E-state index is 9.91. The zero-order valence-corrected chi connectivity index (χ0v) is 9.88. The van der Waals surface area contributed by atoms with E-state index in [9.17, 15) is 5.11 Å². The smallest absolute Gasteiger partial charge is 0.0898 e. The molecule has 0 aromatic carbocycles. The molecule has 0 spiro atoms. The molecule has 0 amide bonds. The predicted octanol–water partition coefficient (Wildman–Crippen LogP) is 3.54. The average Bonchev–Trinajstić information content (AvgIpc) is 2.81. The van der Waals surface area contributed by atoms with Crippen molar-refractivity contribution in [3.8, 4) is 0 Å². The van der Waals surface area contributed by atoms with Gasteiger partial charge in [-0.25, -0.2) is 4.37 Å². The Morgan fingerprint density at radius 1 is 1.40 bits per heavy atom. The van der Waals surface area contributed by atoms with E-state index in [1.54, 1.807) is 6.20 Å². The van der Waals surface area contributed by atoms with Crippen LogP contribution in [0, 0.1) is 5.92 Å². The van der Waals surface area contributed by atoms with E-state index in [1.807, 2.05) is 6.07 Å². The minimum absolute atomic E-state index is 0.278. The van der Waals surface area contributed by atoms with Crippen molar-refractivity contribution in [2.75, 3.05) is 0 Å². The molecule has 1 heterocycles. The summed E-state index contributed by atoms with van der Waals surface area (Å²) in [7, 11) is 0. The maximum atomic E-state index is 9.91. The molecule has 0 bridgehead atoms. The fraction of sp³-hybridized carbons (Fsp3) is 0.750. The van der Waals surface area contributed by atoms with Crippen LogP contribution in [0.1, 0.15) is 55.9 Å². The lowest BCUT2D eigenvalue weighted by molar-refractivity contribution is 0.154. The van der Waals surface area contributed by atoms with Gasteiger partial charge in [0.2, 0.25) is 0 Å². The SMILES string of the molecule is OC(CCC1CCCCC1)c1ccns1. The second-order valence-electron chi connectivity index (χ2n) is 4.51. The molecule has 0 radical (unpaired) electrons. The third-order valence-corrected chi connectivity index (χ3v) is 4.21. The zero-order valence-electron chi connectivity index (χ0n) is 9.06. The Kier molecular flexibility index (Phi) is 4.15.